The molecule has 1 aliphatic rings. The Bertz CT molecular complexity index is 917. The van der Waals surface area contributed by atoms with E-state index >= 15 is 0 Å². The van der Waals surface area contributed by atoms with Gasteiger partial charge < -0.3 is 0 Å². The number of benzene rings is 3. The van der Waals surface area contributed by atoms with Gasteiger partial charge in [-0.2, -0.15) is 0 Å². The Balaban J connectivity index is 1.77. The molecule has 0 fully saturated rings. The van der Waals surface area contributed by atoms with Crippen LogP contribution < -0.4 is 0 Å². The van der Waals surface area contributed by atoms with Gasteiger partial charge in [-0.05, 0) is 40.6 Å². The number of nitrogens with zero attached hydrogens (tertiary/aromatic N) is 1. The second-order valence-corrected chi connectivity index (χ2v) is 6.16. The molecular formula is C22H20N+. The maximum atomic E-state index is 2.36. The van der Waals surface area contributed by atoms with Crippen molar-refractivity contribution >= 4 is 22.6 Å². The molecule has 4 rings (SSSR count). The molecular weight excluding hydrogens is 278 g/mol. The minimum Gasteiger partial charge on any atom is -0.231 e. The van der Waals surface area contributed by atoms with Gasteiger partial charge in [0.05, 0.1) is 0 Å². The standard InChI is InChI=1S/C22H20N/c1-23-14-13-21(22(23)19-8-3-2-4-9-19)16-17-11-12-18-7-5-6-10-20(18)15-17/h2-12,15-16H,13-14H2,1H3/q+1/b21-16+. The maximum absolute atomic E-state index is 2.36. The molecule has 0 radical (unpaired) electrons. The van der Waals surface area contributed by atoms with E-state index in [0.29, 0.717) is 0 Å². The van der Waals surface area contributed by atoms with Crippen molar-refractivity contribution in [2.75, 3.05) is 13.6 Å². The minimum absolute atomic E-state index is 1.09. The van der Waals surface area contributed by atoms with Crippen molar-refractivity contribution in [3.63, 3.8) is 0 Å². The summed E-state index contributed by atoms with van der Waals surface area (Å²) in [5.41, 5.74) is 5.37. The third kappa shape index (κ3) is 2.70. The number of rotatable bonds is 2. The predicted molar refractivity (Wildman–Crippen MR) is 98.1 cm³/mol. The molecule has 0 aliphatic carbocycles. The molecule has 0 spiro atoms. The van der Waals surface area contributed by atoms with Crippen molar-refractivity contribution in [1.29, 1.82) is 0 Å². The van der Waals surface area contributed by atoms with Crippen molar-refractivity contribution in [3.8, 4) is 0 Å². The van der Waals surface area contributed by atoms with Gasteiger partial charge in [0.2, 0.25) is 5.71 Å². The van der Waals surface area contributed by atoms with E-state index < -0.39 is 0 Å². The molecule has 1 heteroatoms. The number of hydrogen-bond donors (Lipinski definition) is 0. The second kappa shape index (κ2) is 5.85. The zero-order chi connectivity index (χ0) is 15.6. The fraction of sp³-hybridized carbons (Fsp3) is 0.136. The lowest BCUT2D eigenvalue weighted by Crippen LogP contribution is -2.11. The molecule has 3 aromatic carbocycles. The highest BCUT2D eigenvalue weighted by Crippen LogP contribution is 2.23. The van der Waals surface area contributed by atoms with E-state index in [2.05, 4.69) is 90.5 Å². The van der Waals surface area contributed by atoms with Gasteiger partial charge in [0.25, 0.3) is 0 Å². The van der Waals surface area contributed by atoms with Gasteiger partial charge >= 0.3 is 0 Å². The zero-order valence-electron chi connectivity index (χ0n) is 13.4. The van der Waals surface area contributed by atoms with Crippen molar-refractivity contribution < 1.29 is 4.58 Å². The lowest BCUT2D eigenvalue weighted by atomic mass is 9.99. The summed E-state index contributed by atoms with van der Waals surface area (Å²) in [7, 11) is 2.18. The van der Waals surface area contributed by atoms with E-state index in [9.17, 15) is 0 Å². The van der Waals surface area contributed by atoms with Crippen LogP contribution in [0.1, 0.15) is 17.5 Å². The van der Waals surface area contributed by atoms with Crippen LogP contribution in [-0.2, 0) is 0 Å². The van der Waals surface area contributed by atoms with Crippen LogP contribution in [0.5, 0.6) is 0 Å². The Morgan fingerprint density at radius 2 is 1.57 bits per heavy atom. The van der Waals surface area contributed by atoms with Crippen LogP contribution in [0.25, 0.3) is 16.8 Å². The zero-order valence-corrected chi connectivity index (χ0v) is 13.4. The Morgan fingerprint density at radius 3 is 2.39 bits per heavy atom. The molecule has 0 atom stereocenters. The Kier molecular flexibility index (Phi) is 3.55. The Morgan fingerprint density at radius 1 is 0.826 bits per heavy atom. The first-order valence-electron chi connectivity index (χ1n) is 8.14. The summed E-state index contributed by atoms with van der Waals surface area (Å²) < 4.78 is 2.36. The number of fused-ring (bicyclic) bond motifs is 1. The molecule has 1 nitrogen and oxygen atoms in total. The van der Waals surface area contributed by atoms with E-state index in [1.807, 2.05) is 0 Å². The van der Waals surface area contributed by atoms with Crippen LogP contribution in [0.15, 0.2) is 78.4 Å². The molecule has 0 N–H and O–H groups in total. The fourth-order valence-electron chi connectivity index (χ4n) is 3.40. The molecule has 112 valence electrons. The summed E-state index contributed by atoms with van der Waals surface area (Å²) in [5, 5.41) is 2.60. The van der Waals surface area contributed by atoms with E-state index in [1.54, 1.807) is 0 Å². The Hall–Kier alpha value is -2.67. The normalized spacial score (nSPS) is 16.5. The smallest absolute Gasteiger partial charge is 0.210 e. The van der Waals surface area contributed by atoms with Crippen molar-refractivity contribution in [2.24, 2.45) is 0 Å². The average Bonchev–Trinajstić information content (AvgIpc) is 2.96. The van der Waals surface area contributed by atoms with Crippen LogP contribution in [-0.4, -0.2) is 23.9 Å². The second-order valence-electron chi connectivity index (χ2n) is 6.16. The lowest BCUT2D eigenvalue weighted by Gasteiger charge is -2.03. The highest BCUT2D eigenvalue weighted by molar-refractivity contribution is 6.12. The van der Waals surface area contributed by atoms with E-state index in [0.717, 1.165) is 13.0 Å². The van der Waals surface area contributed by atoms with Crippen LogP contribution in [0, 0.1) is 0 Å². The molecule has 1 aliphatic heterocycles. The molecule has 0 saturated carbocycles. The average molecular weight is 298 g/mol. The summed E-state index contributed by atoms with van der Waals surface area (Å²) in [5.74, 6) is 0. The summed E-state index contributed by atoms with van der Waals surface area (Å²) in [6.07, 6.45) is 3.45. The summed E-state index contributed by atoms with van der Waals surface area (Å²) >= 11 is 0. The van der Waals surface area contributed by atoms with E-state index in [-0.39, 0.29) is 0 Å². The van der Waals surface area contributed by atoms with Gasteiger partial charge in [0.1, 0.15) is 13.6 Å². The monoisotopic (exact) mass is 298 g/mol. The minimum atomic E-state index is 1.09. The quantitative estimate of drug-likeness (QED) is 0.600. The van der Waals surface area contributed by atoms with E-state index in [1.165, 1.54) is 33.2 Å². The van der Waals surface area contributed by atoms with Crippen LogP contribution in [0.3, 0.4) is 0 Å². The topological polar surface area (TPSA) is 3.01 Å². The molecule has 0 saturated heterocycles. The summed E-state index contributed by atoms with van der Waals surface area (Å²) in [6, 6.07) is 25.9. The molecule has 0 amide bonds. The predicted octanol–water partition coefficient (Wildman–Crippen LogP) is 4.76. The van der Waals surface area contributed by atoms with Gasteiger partial charge in [-0.3, -0.25) is 0 Å². The molecule has 0 unspecified atom stereocenters. The fourth-order valence-corrected chi connectivity index (χ4v) is 3.40. The molecule has 0 aromatic heterocycles. The highest BCUT2D eigenvalue weighted by atomic mass is 15.0. The van der Waals surface area contributed by atoms with Gasteiger partial charge in [0.15, 0.2) is 0 Å². The first-order valence-corrected chi connectivity index (χ1v) is 8.14. The third-order valence-corrected chi connectivity index (χ3v) is 4.56. The van der Waals surface area contributed by atoms with Crippen LogP contribution >= 0.6 is 0 Å². The van der Waals surface area contributed by atoms with Gasteiger partial charge in [0, 0.05) is 17.6 Å². The highest BCUT2D eigenvalue weighted by Gasteiger charge is 2.26. The van der Waals surface area contributed by atoms with Crippen molar-refractivity contribution in [1.82, 2.24) is 0 Å². The molecule has 1 heterocycles. The SMILES string of the molecule is C[N+]1=C(c2ccccc2)/C(=C/c2ccc3ccccc3c2)CC1. The molecule has 23 heavy (non-hydrogen) atoms. The number of hydrogen-bond acceptors (Lipinski definition) is 0. The maximum Gasteiger partial charge on any atom is 0.210 e. The third-order valence-electron chi connectivity index (χ3n) is 4.56. The largest absolute Gasteiger partial charge is 0.231 e. The van der Waals surface area contributed by atoms with Crippen LogP contribution in [0.4, 0.5) is 0 Å². The summed E-state index contributed by atoms with van der Waals surface area (Å²) in [6.45, 7) is 1.09. The van der Waals surface area contributed by atoms with Crippen LogP contribution in [0.2, 0.25) is 0 Å². The lowest BCUT2D eigenvalue weighted by molar-refractivity contribution is -0.488. The van der Waals surface area contributed by atoms with Gasteiger partial charge in [-0.1, -0.05) is 54.6 Å². The van der Waals surface area contributed by atoms with Crippen molar-refractivity contribution in [2.45, 2.75) is 6.42 Å². The first kappa shape index (κ1) is 14.0. The van der Waals surface area contributed by atoms with Crippen molar-refractivity contribution in [3.05, 3.63) is 89.5 Å². The van der Waals surface area contributed by atoms with Gasteiger partial charge in [-0.25, -0.2) is 4.58 Å². The Labute approximate surface area is 137 Å². The molecule has 3 aromatic rings. The molecule has 0 bridgehead atoms. The van der Waals surface area contributed by atoms with Gasteiger partial charge in [-0.15, -0.1) is 0 Å². The first-order chi connectivity index (χ1) is 11.3. The summed E-state index contributed by atoms with van der Waals surface area (Å²) in [4.78, 5) is 0. The van der Waals surface area contributed by atoms with E-state index in [4.69, 9.17) is 0 Å².